The first-order valence-corrected chi connectivity index (χ1v) is 5.18. The molecular formula is C11H15F2N3O. The van der Waals surface area contributed by atoms with E-state index in [1.54, 1.807) is 7.05 Å². The highest BCUT2D eigenvalue weighted by Crippen LogP contribution is 2.22. The van der Waals surface area contributed by atoms with Crippen molar-refractivity contribution < 1.29 is 13.6 Å². The SMILES string of the molecule is CCN(C)C(=O)CNc1cc(F)cc(F)c1N. The second-order valence-electron chi connectivity index (χ2n) is 3.61. The lowest BCUT2D eigenvalue weighted by Gasteiger charge is -2.16. The number of hydrogen-bond donors (Lipinski definition) is 2. The van der Waals surface area contributed by atoms with Crippen molar-refractivity contribution in [1.29, 1.82) is 0 Å². The summed E-state index contributed by atoms with van der Waals surface area (Å²) in [7, 11) is 1.64. The Labute approximate surface area is 98.4 Å². The minimum Gasteiger partial charge on any atom is -0.395 e. The molecule has 1 aromatic carbocycles. The molecule has 4 nitrogen and oxygen atoms in total. The average molecular weight is 243 g/mol. The zero-order chi connectivity index (χ0) is 13.0. The molecule has 6 heteroatoms. The van der Waals surface area contributed by atoms with Gasteiger partial charge in [-0.2, -0.15) is 0 Å². The van der Waals surface area contributed by atoms with Gasteiger partial charge in [-0.3, -0.25) is 4.79 Å². The topological polar surface area (TPSA) is 58.4 Å². The first-order valence-electron chi connectivity index (χ1n) is 5.18. The molecule has 17 heavy (non-hydrogen) atoms. The van der Waals surface area contributed by atoms with Crippen molar-refractivity contribution in [3.8, 4) is 0 Å². The number of nitrogens with two attached hydrogens (primary N) is 1. The minimum atomic E-state index is -0.844. The predicted octanol–water partition coefficient (Wildman–Crippen LogP) is 1.44. The fourth-order valence-electron chi connectivity index (χ4n) is 1.21. The van der Waals surface area contributed by atoms with E-state index in [0.29, 0.717) is 12.6 Å². The number of nitrogens with zero attached hydrogens (tertiary/aromatic N) is 1. The van der Waals surface area contributed by atoms with Gasteiger partial charge in [0.1, 0.15) is 5.82 Å². The third kappa shape index (κ3) is 3.30. The maximum atomic E-state index is 13.1. The lowest BCUT2D eigenvalue weighted by molar-refractivity contribution is -0.127. The van der Waals surface area contributed by atoms with Gasteiger partial charge < -0.3 is 16.0 Å². The van der Waals surface area contributed by atoms with E-state index in [0.717, 1.165) is 6.07 Å². The van der Waals surface area contributed by atoms with Crippen molar-refractivity contribution in [3.05, 3.63) is 23.8 Å². The fraction of sp³-hybridized carbons (Fsp3) is 0.364. The van der Waals surface area contributed by atoms with Crippen molar-refractivity contribution in [2.75, 3.05) is 31.2 Å². The number of likely N-dealkylation sites (N-methyl/N-ethyl adjacent to an activating group) is 1. The van der Waals surface area contributed by atoms with Gasteiger partial charge in [0.05, 0.1) is 17.9 Å². The summed E-state index contributed by atoms with van der Waals surface area (Å²) < 4.78 is 26.0. The van der Waals surface area contributed by atoms with Crippen LogP contribution in [0.3, 0.4) is 0 Å². The third-order valence-electron chi connectivity index (χ3n) is 2.42. The molecule has 3 N–H and O–H groups in total. The number of halogens is 2. The van der Waals surface area contributed by atoms with Gasteiger partial charge in [0, 0.05) is 19.7 Å². The minimum absolute atomic E-state index is 0.0581. The van der Waals surface area contributed by atoms with Gasteiger partial charge >= 0.3 is 0 Å². The summed E-state index contributed by atoms with van der Waals surface area (Å²) in [5.74, 6) is -1.77. The molecular weight excluding hydrogens is 228 g/mol. The Kier molecular flexibility index (Phi) is 4.25. The van der Waals surface area contributed by atoms with E-state index in [1.807, 2.05) is 6.92 Å². The van der Waals surface area contributed by atoms with E-state index >= 15 is 0 Å². The van der Waals surface area contributed by atoms with Crippen LogP contribution in [-0.4, -0.2) is 30.9 Å². The highest BCUT2D eigenvalue weighted by atomic mass is 19.1. The van der Waals surface area contributed by atoms with Crippen LogP contribution in [0.2, 0.25) is 0 Å². The van der Waals surface area contributed by atoms with Crippen molar-refractivity contribution in [2.24, 2.45) is 0 Å². The quantitative estimate of drug-likeness (QED) is 0.787. The monoisotopic (exact) mass is 243 g/mol. The number of carbonyl (C=O) groups excluding carboxylic acids is 1. The summed E-state index contributed by atoms with van der Waals surface area (Å²) in [6, 6.07) is 1.75. The number of hydrogen-bond acceptors (Lipinski definition) is 3. The molecule has 0 heterocycles. The molecule has 0 radical (unpaired) electrons. The Bertz CT molecular complexity index is 423. The molecule has 0 unspecified atom stereocenters. The molecule has 0 aliphatic carbocycles. The van der Waals surface area contributed by atoms with Crippen LogP contribution in [-0.2, 0) is 4.79 Å². The highest BCUT2D eigenvalue weighted by Gasteiger charge is 2.10. The van der Waals surface area contributed by atoms with Gasteiger partial charge in [0.2, 0.25) is 5.91 Å². The van der Waals surface area contributed by atoms with Gasteiger partial charge in [-0.15, -0.1) is 0 Å². The average Bonchev–Trinajstić information content (AvgIpc) is 2.30. The lowest BCUT2D eigenvalue weighted by Crippen LogP contribution is -2.32. The van der Waals surface area contributed by atoms with Crippen LogP contribution < -0.4 is 11.1 Å². The summed E-state index contributed by atoms with van der Waals surface area (Å²) in [5.41, 5.74) is 5.30. The van der Waals surface area contributed by atoms with Crippen molar-refractivity contribution in [3.63, 3.8) is 0 Å². The Morgan fingerprint density at radius 1 is 1.47 bits per heavy atom. The van der Waals surface area contributed by atoms with Gasteiger partial charge in [-0.1, -0.05) is 0 Å². The molecule has 1 aromatic rings. The van der Waals surface area contributed by atoms with Gasteiger partial charge in [-0.25, -0.2) is 8.78 Å². The van der Waals surface area contributed by atoms with Crippen LogP contribution in [0.1, 0.15) is 6.92 Å². The molecule has 0 atom stereocenters. The number of amides is 1. The molecule has 1 rings (SSSR count). The van der Waals surface area contributed by atoms with Crippen molar-refractivity contribution >= 4 is 17.3 Å². The first kappa shape index (κ1) is 13.2. The number of nitrogens with one attached hydrogen (secondary N) is 1. The normalized spacial score (nSPS) is 10.1. The number of carbonyl (C=O) groups is 1. The summed E-state index contributed by atoms with van der Waals surface area (Å²) in [6.07, 6.45) is 0. The number of benzene rings is 1. The predicted molar refractivity (Wildman–Crippen MR) is 62.6 cm³/mol. The molecule has 1 amide bonds. The maximum absolute atomic E-state index is 13.1. The van der Waals surface area contributed by atoms with Crippen molar-refractivity contribution in [2.45, 2.75) is 6.92 Å². The molecule has 0 bridgehead atoms. The summed E-state index contributed by atoms with van der Waals surface area (Å²) in [5, 5.41) is 2.61. The second-order valence-corrected chi connectivity index (χ2v) is 3.61. The second kappa shape index (κ2) is 5.47. The van der Waals surface area contributed by atoms with E-state index < -0.39 is 11.6 Å². The molecule has 0 saturated heterocycles. The number of nitrogen functional groups attached to an aromatic ring is 1. The largest absolute Gasteiger partial charge is 0.395 e. The van der Waals surface area contributed by atoms with Crippen LogP contribution in [0.15, 0.2) is 12.1 Å². The summed E-state index contributed by atoms with van der Waals surface area (Å²) >= 11 is 0. The van der Waals surface area contributed by atoms with Crippen LogP contribution >= 0.6 is 0 Å². The maximum Gasteiger partial charge on any atom is 0.241 e. The molecule has 94 valence electrons. The van der Waals surface area contributed by atoms with Crippen LogP contribution in [0.4, 0.5) is 20.2 Å². The van der Waals surface area contributed by atoms with Crippen LogP contribution in [0.5, 0.6) is 0 Å². The molecule has 0 spiro atoms. The third-order valence-corrected chi connectivity index (χ3v) is 2.42. The Morgan fingerprint density at radius 2 is 2.12 bits per heavy atom. The fourth-order valence-corrected chi connectivity index (χ4v) is 1.21. The van der Waals surface area contributed by atoms with Gasteiger partial charge in [0.25, 0.3) is 0 Å². The first-order chi connectivity index (χ1) is 7.95. The van der Waals surface area contributed by atoms with Crippen LogP contribution in [0, 0.1) is 11.6 Å². The van der Waals surface area contributed by atoms with E-state index in [-0.39, 0.29) is 23.8 Å². The Morgan fingerprint density at radius 3 is 2.71 bits per heavy atom. The summed E-state index contributed by atoms with van der Waals surface area (Å²) in [6.45, 7) is 2.33. The smallest absolute Gasteiger partial charge is 0.241 e. The van der Waals surface area contributed by atoms with Crippen molar-refractivity contribution in [1.82, 2.24) is 4.90 Å². The molecule has 0 aromatic heterocycles. The Hall–Kier alpha value is -1.85. The zero-order valence-corrected chi connectivity index (χ0v) is 9.76. The number of rotatable bonds is 4. The van der Waals surface area contributed by atoms with E-state index in [1.165, 1.54) is 4.90 Å². The number of anilines is 2. The zero-order valence-electron chi connectivity index (χ0n) is 9.76. The molecule has 0 saturated carbocycles. The standard InChI is InChI=1S/C11H15F2N3O/c1-3-16(2)10(17)6-15-9-5-7(12)4-8(13)11(9)14/h4-5,15H,3,6,14H2,1-2H3. The molecule has 0 fully saturated rings. The molecule has 0 aliphatic rings. The van der Waals surface area contributed by atoms with Gasteiger partial charge in [0.15, 0.2) is 5.82 Å². The van der Waals surface area contributed by atoms with E-state index in [2.05, 4.69) is 5.32 Å². The highest BCUT2D eigenvalue weighted by molar-refractivity contribution is 5.82. The van der Waals surface area contributed by atoms with Gasteiger partial charge in [-0.05, 0) is 13.0 Å². The molecule has 0 aliphatic heterocycles. The van der Waals surface area contributed by atoms with E-state index in [4.69, 9.17) is 5.73 Å². The summed E-state index contributed by atoms with van der Waals surface area (Å²) in [4.78, 5) is 12.9. The van der Waals surface area contributed by atoms with E-state index in [9.17, 15) is 13.6 Å². The Balaban J connectivity index is 2.73. The van der Waals surface area contributed by atoms with Crippen LogP contribution in [0.25, 0.3) is 0 Å². The lowest BCUT2D eigenvalue weighted by atomic mass is 10.2.